The Hall–Kier alpha value is -1.88. The molecule has 1 fully saturated rings. The average Bonchev–Trinajstić information content (AvgIpc) is 2.82. The number of para-hydroxylation sites is 1. The van der Waals surface area contributed by atoms with Gasteiger partial charge in [-0.2, -0.15) is 0 Å². The molecule has 20 heavy (non-hydrogen) atoms. The zero-order valence-electron chi connectivity index (χ0n) is 11.5. The lowest BCUT2D eigenvalue weighted by Crippen LogP contribution is -2.45. The summed E-state index contributed by atoms with van der Waals surface area (Å²) >= 11 is 0. The number of carbonyl (C=O) groups excluding carboxylic acids is 1. The second kappa shape index (κ2) is 4.90. The quantitative estimate of drug-likeness (QED) is 0.906. The van der Waals surface area contributed by atoms with Gasteiger partial charge in [0.05, 0.1) is 12.0 Å². The molecule has 0 aliphatic carbocycles. The molecule has 5 heteroatoms. The monoisotopic (exact) mass is 274 g/mol. The Labute approximate surface area is 117 Å². The largest absolute Gasteiger partial charge is 0.390 e. The second-order valence-electron chi connectivity index (χ2n) is 5.68. The molecule has 0 unspecified atom stereocenters. The van der Waals surface area contributed by atoms with Gasteiger partial charge in [0.1, 0.15) is 5.69 Å². The lowest BCUT2D eigenvalue weighted by molar-refractivity contribution is -0.134. The van der Waals surface area contributed by atoms with Crippen LogP contribution in [0.2, 0.25) is 0 Å². The highest BCUT2D eigenvalue weighted by Crippen LogP contribution is 2.23. The Kier molecular flexibility index (Phi) is 3.22. The maximum atomic E-state index is 12.3. The van der Waals surface area contributed by atoms with Gasteiger partial charge >= 0.3 is 0 Å². The van der Waals surface area contributed by atoms with Crippen LogP contribution >= 0.6 is 0 Å². The highest BCUT2D eigenvalue weighted by Gasteiger charge is 2.29. The zero-order chi connectivity index (χ0) is 14.2. The third kappa shape index (κ3) is 2.54. The topological polar surface area (TPSA) is 66.6 Å². The van der Waals surface area contributed by atoms with E-state index in [1.54, 1.807) is 4.90 Å². The zero-order valence-corrected chi connectivity index (χ0v) is 11.5. The molecule has 0 spiro atoms. The minimum Gasteiger partial charge on any atom is -0.390 e. The summed E-state index contributed by atoms with van der Waals surface area (Å²) in [7, 11) is 0. The molecule has 0 bridgehead atoms. The molecular weight excluding hydrogens is 256 g/mol. The number of hydrogen-bond donors (Lipinski definition) is 1. The van der Waals surface area contributed by atoms with Crippen molar-refractivity contribution in [3.63, 3.8) is 0 Å². The highest BCUT2D eigenvalue weighted by atomic mass is 16.5. The number of amides is 1. The normalized spacial score (nSPS) is 18.4. The third-order valence-electron chi connectivity index (χ3n) is 3.96. The molecule has 0 atom stereocenters. The van der Waals surface area contributed by atoms with Crippen LogP contribution in [0.25, 0.3) is 11.0 Å². The van der Waals surface area contributed by atoms with Gasteiger partial charge in [0.25, 0.3) is 0 Å². The molecule has 106 valence electrons. The summed E-state index contributed by atoms with van der Waals surface area (Å²) in [5.41, 5.74) is 0.747. The Bertz CT molecular complexity index is 623. The fraction of sp³-hybridized carbons (Fsp3) is 0.467. The van der Waals surface area contributed by atoms with Gasteiger partial charge in [-0.15, -0.1) is 0 Å². The van der Waals surface area contributed by atoms with Crippen molar-refractivity contribution < 1.29 is 14.4 Å². The van der Waals surface area contributed by atoms with Gasteiger partial charge in [-0.3, -0.25) is 4.79 Å². The predicted molar refractivity (Wildman–Crippen MR) is 74.2 cm³/mol. The van der Waals surface area contributed by atoms with Crippen LogP contribution < -0.4 is 0 Å². The molecule has 0 saturated carbocycles. The first-order valence-corrected chi connectivity index (χ1v) is 6.89. The number of benzene rings is 1. The summed E-state index contributed by atoms with van der Waals surface area (Å²) in [5, 5.41) is 14.8. The van der Waals surface area contributed by atoms with E-state index in [0.717, 1.165) is 5.39 Å². The Morgan fingerprint density at radius 1 is 1.40 bits per heavy atom. The van der Waals surface area contributed by atoms with E-state index in [1.807, 2.05) is 31.2 Å². The fourth-order valence-electron chi connectivity index (χ4n) is 2.56. The molecule has 2 heterocycles. The highest BCUT2D eigenvalue weighted by molar-refractivity contribution is 5.86. The standard InChI is InChI=1S/C15H18N2O3/c1-15(19)6-8-17(9-7-15)14(18)10-12-11-4-2-3-5-13(11)20-16-12/h2-5,19H,6-10H2,1H3. The van der Waals surface area contributed by atoms with Crippen LogP contribution in [0, 0.1) is 0 Å². The summed E-state index contributed by atoms with van der Waals surface area (Å²) < 4.78 is 5.21. The number of rotatable bonds is 2. The Balaban J connectivity index is 1.70. The number of piperidine rings is 1. The van der Waals surface area contributed by atoms with E-state index in [9.17, 15) is 9.90 Å². The van der Waals surface area contributed by atoms with Crippen LogP contribution in [0.1, 0.15) is 25.5 Å². The van der Waals surface area contributed by atoms with Crippen molar-refractivity contribution in [1.82, 2.24) is 10.1 Å². The first-order chi connectivity index (χ1) is 9.55. The van der Waals surface area contributed by atoms with Gasteiger partial charge in [-0.25, -0.2) is 0 Å². The SMILES string of the molecule is CC1(O)CCN(C(=O)Cc2noc3ccccc23)CC1. The van der Waals surface area contributed by atoms with Crippen LogP contribution in [-0.2, 0) is 11.2 Å². The van der Waals surface area contributed by atoms with Crippen molar-refractivity contribution in [3.8, 4) is 0 Å². The lowest BCUT2D eigenvalue weighted by atomic mass is 9.93. The van der Waals surface area contributed by atoms with Crippen molar-refractivity contribution in [2.75, 3.05) is 13.1 Å². The van der Waals surface area contributed by atoms with Crippen molar-refractivity contribution in [3.05, 3.63) is 30.0 Å². The van der Waals surface area contributed by atoms with E-state index < -0.39 is 5.60 Å². The Morgan fingerprint density at radius 3 is 2.85 bits per heavy atom. The summed E-state index contributed by atoms with van der Waals surface area (Å²) in [6, 6.07) is 7.54. The van der Waals surface area contributed by atoms with Gasteiger partial charge in [-0.05, 0) is 31.9 Å². The summed E-state index contributed by atoms with van der Waals surface area (Å²) in [6.07, 6.45) is 1.50. The van der Waals surface area contributed by atoms with E-state index >= 15 is 0 Å². The van der Waals surface area contributed by atoms with Crippen molar-refractivity contribution in [2.45, 2.75) is 31.8 Å². The van der Waals surface area contributed by atoms with E-state index in [1.165, 1.54) is 0 Å². The number of hydrogen-bond acceptors (Lipinski definition) is 4. The molecule has 1 aliphatic heterocycles. The maximum Gasteiger partial charge on any atom is 0.228 e. The molecular formula is C15H18N2O3. The van der Waals surface area contributed by atoms with Gasteiger partial charge in [0, 0.05) is 18.5 Å². The third-order valence-corrected chi connectivity index (χ3v) is 3.96. The van der Waals surface area contributed by atoms with Crippen molar-refractivity contribution >= 4 is 16.9 Å². The number of carbonyl (C=O) groups is 1. The Morgan fingerprint density at radius 2 is 2.10 bits per heavy atom. The molecule has 0 radical (unpaired) electrons. The fourth-order valence-corrected chi connectivity index (χ4v) is 2.56. The van der Waals surface area contributed by atoms with Gasteiger partial charge in [-0.1, -0.05) is 17.3 Å². The number of nitrogens with zero attached hydrogens (tertiary/aromatic N) is 2. The van der Waals surface area contributed by atoms with Crippen molar-refractivity contribution in [2.24, 2.45) is 0 Å². The number of likely N-dealkylation sites (tertiary alicyclic amines) is 1. The molecule has 1 aliphatic rings. The second-order valence-corrected chi connectivity index (χ2v) is 5.68. The molecule has 1 N–H and O–H groups in total. The molecule has 3 rings (SSSR count). The van der Waals surface area contributed by atoms with E-state index in [2.05, 4.69) is 5.16 Å². The van der Waals surface area contributed by atoms with Gasteiger partial charge < -0.3 is 14.5 Å². The number of aliphatic hydroxyl groups is 1. The van der Waals surface area contributed by atoms with Crippen LogP contribution in [-0.4, -0.2) is 39.8 Å². The molecule has 2 aromatic rings. The number of fused-ring (bicyclic) bond motifs is 1. The van der Waals surface area contributed by atoms with Crippen LogP contribution in [0.4, 0.5) is 0 Å². The van der Waals surface area contributed by atoms with Gasteiger partial charge in [0.15, 0.2) is 5.58 Å². The van der Waals surface area contributed by atoms with E-state index in [4.69, 9.17) is 4.52 Å². The van der Waals surface area contributed by atoms with E-state index in [0.29, 0.717) is 37.2 Å². The average molecular weight is 274 g/mol. The van der Waals surface area contributed by atoms with Crippen molar-refractivity contribution in [1.29, 1.82) is 0 Å². The van der Waals surface area contributed by atoms with Gasteiger partial charge in [0.2, 0.25) is 5.91 Å². The van der Waals surface area contributed by atoms with Crippen LogP contribution in [0.5, 0.6) is 0 Å². The van der Waals surface area contributed by atoms with Crippen LogP contribution in [0.3, 0.4) is 0 Å². The summed E-state index contributed by atoms with van der Waals surface area (Å²) in [4.78, 5) is 14.1. The maximum absolute atomic E-state index is 12.3. The minimum absolute atomic E-state index is 0.0413. The lowest BCUT2D eigenvalue weighted by Gasteiger charge is -2.35. The first-order valence-electron chi connectivity index (χ1n) is 6.89. The molecule has 1 aromatic heterocycles. The molecule has 1 aromatic carbocycles. The summed E-state index contributed by atoms with van der Waals surface area (Å²) in [6.45, 7) is 3.02. The molecule has 1 amide bonds. The smallest absolute Gasteiger partial charge is 0.228 e. The number of aromatic nitrogens is 1. The first kappa shape index (κ1) is 13.1. The minimum atomic E-state index is -0.642. The van der Waals surface area contributed by atoms with E-state index in [-0.39, 0.29) is 12.3 Å². The summed E-state index contributed by atoms with van der Waals surface area (Å²) in [5.74, 6) is 0.0413. The molecule has 5 nitrogen and oxygen atoms in total. The molecule has 1 saturated heterocycles. The predicted octanol–water partition coefficient (Wildman–Crippen LogP) is 1.74. The van der Waals surface area contributed by atoms with Crippen LogP contribution in [0.15, 0.2) is 28.8 Å².